The molecule has 0 saturated carbocycles. The minimum Gasteiger partial charge on any atom is -0.379 e. The molecular formula is C15H29N3O2. The van der Waals surface area contributed by atoms with Crippen LogP contribution in [-0.2, 0) is 9.53 Å². The van der Waals surface area contributed by atoms with Crippen molar-refractivity contribution < 1.29 is 9.53 Å². The molecule has 2 fully saturated rings. The minimum absolute atomic E-state index is 0.00494. The Labute approximate surface area is 122 Å². The molecule has 2 aliphatic rings. The van der Waals surface area contributed by atoms with Crippen LogP contribution in [0.5, 0.6) is 0 Å². The number of amides is 1. The van der Waals surface area contributed by atoms with Gasteiger partial charge in [0.15, 0.2) is 0 Å². The highest BCUT2D eigenvalue weighted by atomic mass is 16.5. The molecule has 0 aromatic carbocycles. The van der Waals surface area contributed by atoms with E-state index in [1.165, 1.54) is 0 Å². The minimum atomic E-state index is -0.00494. The topological polar surface area (TPSA) is 44.8 Å². The van der Waals surface area contributed by atoms with Gasteiger partial charge in [0.25, 0.3) is 0 Å². The van der Waals surface area contributed by atoms with E-state index in [9.17, 15) is 4.79 Å². The van der Waals surface area contributed by atoms with E-state index in [2.05, 4.69) is 38.2 Å². The number of hydrogen-bond acceptors (Lipinski definition) is 4. The first-order chi connectivity index (χ1) is 9.54. The van der Waals surface area contributed by atoms with Crippen molar-refractivity contribution in [1.29, 1.82) is 0 Å². The zero-order valence-electron chi connectivity index (χ0n) is 13.3. The summed E-state index contributed by atoms with van der Waals surface area (Å²) in [5.41, 5.74) is 0. The Morgan fingerprint density at radius 1 is 1.35 bits per heavy atom. The van der Waals surface area contributed by atoms with Gasteiger partial charge < -0.3 is 19.9 Å². The molecule has 0 bridgehead atoms. The Kier molecular flexibility index (Phi) is 5.41. The summed E-state index contributed by atoms with van der Waals surface area (Å²) in [5.74, 6) is 0.806. The van der Waals surface area contributed by atoms with Crippen LogP contribution in [-0.4, -0.2) is 74.7 Å². The monoisotopic (exact) mass is 283 g/mol. The second-order valence-electron chi connectivity index (χ2n) is 6.46. The lowest BCUT2D eigenvalue weighted by molar-refractivity contribution is -0.135. The molecule has 1 amide bonds. The lowest BCUT2D eigenvalue weighted by Crippen LogP contribution is -2.46. The van der Waals surface area contributed by atoms with Gasteiger partial charge in [0.1, 0.15) is 0 Å². The zero-order valence-corrected chi connectivity index (χ0v) is 13.3. The third kappa shape index (κ3) is 3.32. The van der Waals surface area contributed by atoms with Crippen LogP contribution < -0.4 is 5.32 Å². The van der Waals surface area contributed by atoms with Crippen LogP contribution in [0.25, 0.3) is 0 Å². The number of rotatable bonds is 5. The summed E-state index contributed by atoms with van der Waals surface area (Å²) in [6.07, 6.45) is 1.08. The van der Waals surface area contributed by atoms with Crippen LogP contribution in [0.15, 0.2) is 0 Å². The summed E-state index contributed by atoms with van der Waals surface area (Å²) in [4.78, 5) is 17.0. The maximum absolute atomic E-state index is 12.7. The fraction of sp³-hybridized carbons (Fsp3) is 0.933. The van der Waals surface area contributed by atoms with Crippen LogP contribution in [0.4, 0.5) is 0 Å². The van der Waals surface area contributed by atoms with E-state index >= 15 is 0 Å². The Bertz CT molecular complexity index is 335. The summed E-state index contributed by atoms with van der Waals surface area (Å²) < 4.78 is 5.53. The highest BCUT2D eigenvalue weighted by molar-refractivity contribution is 5.80. The van der Waals surface area contributed by atoms with Crippen molar-refractivity contribution in [3.63, 3.8) is 0 Å². The molecular weight excluding hydrogens is 254 g/mol. The molecule has 0 radical (unpaired) electrons. The second kappa shape index (κ2) is 6.87. The number of nitrogens with zero attached hydrogens (tertiary/aromatic N) is 2. The van der Waals surface area contributed by atoms with Crippen LogP contribution in [0, 0.1) is 11.8 Å². The number of likely N-dealkylation sites (tertiary alicyclic amines) is 1. The van der Waals surface area contributed by atoms with E-state index < -0.39 is 0 Å². The average molecular weight is 283 g/mol. The van der Waals surface area contributed by atoms with E-state index in [1.54, 1.807) is 0 Å². The highest BCUT2D eigenvalue weighted by Gasteiger charge is 2.40. The maximum Gasteiger partial charge on any atom is 0.229 e. The highest BCUT2D eigenvalue weighted by Crippen LogP contribution is 2.24. The van der Waals surface area contributed by atoms with E-state index in [0.717, 1.165) is 26.1 Å². The van der Waals surface area contributed by atoms with Crippen molar-refractivity contribution in [1.82, 2.24) is 15.1 Å². The summed E-state index contributed by atoms with van der Waals surface area (Å²) >= 11 is 0. The number of hydrogen-bond donors (Lipinski definition) is 1. The third-order valence-corrected chi connectivity index (χ3v) is 4.60. The van der Waals surface area contributed by atoms with Gasteiger partial charge in [0, 0.05) is 25.2 Å². The van der Waals surface area contributed by atoms with E-state index in [-0.39, 0.29) is 17.9 Å². The van der Waals surface area contributed by atoms with Crippen molar-refractivity contribution in [2.75, 3.05) is 46.9 Å². The molecule has 20 heavy (non-hydrogen) atoms. The van der Waals surface area contributed by atoms with Gasteiger partial charge in [-0.1, -0.05) is 13.8 Å². The lowest BCUT2D eigenvalue weighted by Gasteiger charge is -2.25. The van der Waals surface area contributed by atoms with Crippen LogP contribution in [0.1, 0.15) is 20.3 Å². The van der Waals surface area contributed by atoms with Crippen molar-refractivity contribution in [2.45, 2.75) is 32.4 Å². The first kappa shape index (κ1) is 15.7. The van der Waals surface area contributed by atoms with Gasteiger partial charge in [-0.05, 0) is 33.0 Å². The van der Waals surface area contributed by atoms with E-state index in [0.29, 0.717) is 25.2 Å². The van der Waals surface area contributed by atoms with Gasteiger partial charge >= 0.3 is 0 Å². The largest absolute Gasteiger partial charge is 0.379 e. The summed E-state index contributed by atoms with van der Waals surface area (Å²) in [6.45, 7) is 8.28. The van der Waals surface area contributed by atoms with Gasteiger partial charge in [-0.25, -0.2) is 0 Å². The summed E-state index contributed by atoms with van der Waals surface area (Å²) in [6, 6.07) is 0.666. The molecule has 0 aliphatic carbocycles. The smallest absolute Gasteiger partial charge is 0.229 e. The van der Waals surface area contributed by atoms with Gasteiger partial charge in [-0.2, -0.15) is 0 Å². The molecule has 5 heteroatoms. The Morgan fingerprint density at radius 2 is 2.10 bits per heavy atom. The standard InChI is InChI=1S/C15H29N3O2/c1-5-6-16-13-10-20-9-12(13)15(19)18-7-11(2)14(8-18)17(3)4/h11-14,16H,5-10H2,1-4H3. The fourth-order valence-corrected chi connectivity index (χ4v) is 3.36. The van der Waals surface area contributed by atoms with Gasteiger partial charge in [0.2, 0.25) is 5.91 Å². The molecule has 1 N–H and O–H groups in total. The predicted octanol–water partition coefficient (Wildman–Crippen LogP) is 0.410. The molecule has 0 spiro atoms. The molecule has 2 aliphatic heterocycles. The quantitative estimate of drug-likeness (QED) is 0.794. The van der Waals surface area contributed by atoms with E-state index in [1.807, 2.05) is 4.90 Å². The maximum atomic E-state index is 12.7. The van der Waals surface area contributed by atoms with Crippen molar-refractivity contribution in [2.24, 2.45) is 11.8 Å². The molecule has 0 aromatic heterocycles. The lowest BCUT2D eigenvalue weighted by atomic mass is 10.0. The van der Waals surface area contributed by atoms with Gasteiger partial charge in [-0.3, -0.25) is 4.79 Å². The SMILES string of the molecule is CCCNC1COCC1C(=O)N1CC(C)C(N(C)C)C1. The predicted molar refractivity (Wildman–Crippen MR) is 79.6 cm³/mol. The third-order valence-electron chi connectivity index (χ3n) is 4.60. The Morgan fingerprint density at radius 3 is 2.70 bits per heavy atom. The summed E-state index contributed by atoms with van der Waals surface area (Å²) in [7, 11) is 4.19. The van der Waals surface area contributed by atoms with Crippen molar-refractivity contribution in [3.05, 3.63) is 0 Å². The summed E-state index contributed by atoms with van der Waals surface area (Å²) in [5, 5.41) is 3.45. The molecule has 2 rings (SSSR count). The first-order valence-electron chi connectivity index (χ1n) is 7.81. The number of likely N-dealkylation sites (N-methyl/N-ethyl adjacent to an activating group) is 1. The first-order valence-corrected chi connectivity index (χ1v) is 7.81. The van der Waals surface area contributed by atoms with Crippen LogP contribution >= 0.6 is 0 Å². The Balaban J connectivity index is 1.94. The number of ether oxygens (including phenoxy) is 1. The number of nitrogens with one attached hydrogen (secondary N) is 1. The average Bonchev–Trinajstić information content (AvgIpc) is 3.01. The number of carbonyl (C=O) groups excluding carboxylic acids is 1. The van der Waals surface area contributed by atoms with E-state index in [4.69, 9.17) is 4.74 Å². The fourth-order valence-electron chi connectivity index (χ4n) is 3.36. The molecule has 4 unspecified atom stereocenters. The van der Waals surface area contributed by atoms with Crippen LogP contribution in [0.2, 0.25) is 0 Å². The zero-order chi connectivity index (χ0) is 14.7. The second-order valence-corrected chi connectivity index (χ2v) is 6.46. The molecule has 4 atom stereocenters. The Hall–Kier alpha value is -0.650. The molecule has 0 aromatic rings. The molecule has 5 nitrogen and oxygen atoms in total. The molecule has 116 valence electrons. The van der Waals surface area contributed by atoms with Crippen molar-refractivity contribution in [3.8, 4) is 0 Å². The van der Waals surface area contributed by atoms with Gasteiger partial charge in [-0.15, -0.1) is 0 Å². The molecule has 2 saturated heterocycles. The normalized spacial score (nSPS) is 34.1. The van der Waals surface area contributed by atoms with Crippen LogP contribution in [0.3, 0.4) is 0 Å². The van der Waals surface area contributed by atoms with Gasteiger partial charge in [0.05, 0.1) is 19.1 Å². The van der Waals surface area contributed by atoms with Crippen molar-refractivity contribution >= 4 is 5.91 Å². The number of carbonyl (C=O) groups is 1. The molecule has 2 heterocycles.